The Morgan fingerprint density at radius 1 is 1.20 bits per heavy atom. The molecule has 1 aliphatic heterocycles. The molecule has 130 valence electrons. The number of hydrogen-bond acceptors (Lipinski definition) is 4. The molecule has 2 amide bonds. The molecule has 1 fully saturated rings. The van der Waals surface area contributed by atoms with Gasteiger partial charge in [-0.15, -0.1) is 0 Å². The predicted octanol–water partition coefficient (Wildman–Crippen LogP) is 3.66. The Bertz CT molecular complexity index is 805. The molecule has 1 saturated heterocycles. The third-order valence-corrected chi connectivity index (χ3v) is 4.54. The first-order valence-corrected chi connectivity index (χ1v) is 8.47. The van der Waals surface area contributed by atoms with Gasteiger partial charge in [-0.25, -0.2) is 4.90 Å². The number of imide groups is 1. The second-order valence-electron chi connectivity index (χ2n) is 5.84. The van der Waals surface area contributed by atoms with Gasteiger partial charge in [0.25, 0.3) is 5.91 Å². The number of nitrogens with one attached hydrogen (secondary N) is 1. The molecule has 2 aromatic rings. The number of aryl methyl sites for hydroxylation is 1. The molecule has 0 bridgehead atoms. The molecule has 1 aliphatic rings. The molecule has 0 unspecified atom stereocenters. The fourth-order valence-electron chi connectivity index (χ4n) is 2.85. The summed E-state index contributed by atoms with van der Waals surface area (Å²) >= 11 is 6.11. The van der Waals surface area contributed by atoms with Crippen molar-refractivity contribution < 1.29 is 14.3 Å². The highest BCUT2D eigenvalue weighted by Crippen LogP contribution is 2.32. The van der Waals surface area contributed by atoms with Crippen LogP contribution in [0.4, 0.5) is 11.4 Å². The third kappa shape index (κ3) is 3.46. The maximum absolute atomic E-state index is 12.7. The van der Waals surface area contributed by atoms with Crippen molar-refractivity contribution in [1.29, 1.82) is 0 Å². The number of anilines is 2. The lowest BCUT2D eigenvalue weighted by Crippen LogP contribution is -2.34. The first-order valence-electron chi connectivity index (χ1n) is 8.09. The summed E-state index contributed by atoms with van der Waals surface area (Å²) < 4.78 is 5.10. The molecule has 3 rings (SSSR count). The summed E-state index contributed by atoms with van der Waals surface area (Å²) in [6.07, 6.45) is 1.06. The largest absolute Gasteiger partial charge is 0.495 e. The van der Waals surface area contributed by atoms with E-state index in [0.29, 0.717) is 16.5 Å². The zero-order valence-corrected chi connectivity index (χ0v) is 14.8. The number of methoxy groups -OCH3 is 1. The number of nitrogens with zero attached hydrogens (tertiary/aromatic N) is 1. The van der Waals surface area contributed by atoms with E-state index in [9.17, 15) is 9.59 Å². The van der Waals surface area contributed by atoms with Gasteiger partial charge >= 0.3 is 0 Å². The number of rotatable bonds is 5. The molecule has 1 N–H and O–H groups in total. The summed E-state index contributed by atoms with van der Waals surface area (Å²) in [5.41, 5.74) is 2.48. The predicted molar refractivity (Wildman–Crippen MR) is 98.3 cm³/mol. The van der Waals surface area contributed by atoms with E-state index in [1.54, 1.807) is 18.2 Å². The molecule has 0 spiro atoms. The lowest BCUT2D eigenvalue weighted by Gasteiger charge is -2.17. The average molecular weight is 359 g/mol. The zero-order valence-electron chi connectivity index (χ0n) is 14.1. The molecule has 0 radical (unpaired) electrons. The van der Waals surface area contributed by atoms with Crippen LogP contribution in [0.15, 0.2) is 42.5 Å². The van der Waals surface area contributed by atoms with E-state index in [1.165, 1.54) is 17.6 Å². The van der Waals surface area contributed by atoms with Gasteiger partial charge in [0.15, 0.2) is 0 Å². The Kier molecular flexibility index (Phi) is 4.95. The summed E-state index contributed by atoms with van der Waals surface area (Å²) in [4.78, 5) is 26.2. The Hall–Kier alpha value is -2.53. The summed E-state index contributed by atoms with van der Waals surface area (Å²) in [7, 11) is 1.51. The second-order valence-corrected chi connectivity index (χ2v) is 6.24. The number of hydrogen-bond donors (Lipinski definition) is 1. The number of carbonyl (C=O) groups excluding carboxylic acids is 2. The Morgan fingerprint density at radius 3 is 2.52 bits per heavy atom. The van der Waals surface area contributed by atoms with Gasteiger partial charge in [-0.05, 0) is 42.3 Å². The van der Waals surface area contributed by atoms with Gasteiger partial charge in [-0.2, -0.15) is 0 Å². The lowest BCUT2D eigenvalue weighted by molar-refractivity contribution is -0.121. The zero-order chi connectivity index (χ0) is 18.0. The van der Waals surface area contributed by atoms with Crippen LogP contribution in [0.25, 0.3) is 0 Å². The molecule has 0 saturated carbocycles. The highest BCUT2D eigenvalue weighted by Gasteiger charge is 2.39. The van der Waals surface area contributed by atoms with Gasteiger partial charge in [0.2, 0.25) is 5.91 Å². The van der Waals surface area contributed by atoms with E-state index in [1.807, 2.05) is 24.3 Å². The fraction of sp³-hybridized carbons (Fsp3) is 0.263. The van der Waals surface area contributed by atoms with Crippen LogP contribution in [-0.2, 0) is 16.0 Å². The molecule has 6 heteroatoms. The number of halogens is 1. The monoisotopic (exact) mass is 358 g/mol. The molecule has 0 aliphatic carbocycles. The van der Waals surface area contributed by atoms with E-state index in [0.717, 1.165) is 12.1 Å². The van der Waals surface area contributed by atoms with Crippen LogP contribution in [0, 0.1) is 0 Å². The summed E-state index contributed by atoms with van der Waals surface area (Å²) in [5, 5.41) is 3.49. The molecule has 2 aromatic carbocycles. The minimum Gasteiger partial charge on any atom is -0.495 e. The van der Waals surface area contributed by atoms with Crippen LogP contribution in [0.1, 0.15) is 18.9 Å². The Labute approximate surface area is 151 Å². The van der Waals surface area contributed by atoms with E-state index >= 15 is 0 Å². The average Bonchev–Trinajstić information content (AvgIpc) is 2.89. The van der Waals surface area contributed by atoms with Crippen molar-refractivity contribution in [1.82, 2.24) is 0 Å². The van der Waals surface area contributed by atoms with Gasteiger partial charge in [0, 0.05) is 5.69 Å². The smallest absolute Gasteiger partial charge is 0.256 e. The first-order chi connectivity index (χ1) is 12.0. The van der Waals surface area contributed by atoms with Crippen molar-refractivity contribution in [3.8, 4) is 5.75 Å². The molecular formula is C19H19ClN2O3. The maximum atomic E-state index is 12.7. The van der Waals surface area contributed by atoms with Crippen molar-refractivity contribution in [2.24, 2.45) is 0 Å². The van der Waals surface area contributed by atoms with E-state index < -0.39 is 6.04 Å². The van der Waals surface area contributed by atoms with Gasteiger partial charge in [0.1, 0.15) is 11.8 Å². The number of benzene rings is 2. The number of carbonyl (C=O) groups is 2. The lowest BCUT2D eigenvalue weighted by atomic mass is 10.1. The molecule has 5 nitrogen and oxygen atoms in total. The van der Waals surface area contributed by atoms with Crippen molar-refractivity contribution in [3.05, 3.63) is 53.1 Å². The molecule has 1 atom stereocenters. The summed E-state index contributed by atoms with van der Waals surface area (Å²) in [6, 6.07) is 12.1. The van der Waals surface area contributed by atoms with E-state index in [2.05, 4.69) is 12.2 Å². The number of ether oxygens (including phenoxy) is 1. The fourth-order valence-corrected chi connectivity index (χ4v) is 3.10. The van der Waals surface area contributed by atoms with Crippen LogP contribution in [0.2, 0.25) is 5.02 Å². The standard InChI is InChI=1S/C19H19ClN2O3/c1-3-12-4-6-13(7-5-12)21-16-11-18(23)22(19(16)24)14-8-9-17(25-2)15(20)10-14/h4-10,16,21H,3,11H2,1-2H3/t16-/m1/s1. The third-order valence-electron chi connectivity index (χ3n) is 4.24. The minimum absolute atomic E-state index is 0.109. The van der Waals surface area contributed by atoms with Crippen molar-refractivity contribution >= 4 is 34.8 Å². The van der Waals surface area contributed by atoms with Crippen LogP contribution in [0.5, 0.6) is 5.75 Å². The normalized spacial score (nSPS) is 17.1. The second kappa shape index (κ2) is 7.15. The van der Waals surface area contributed by atoms with Crippen LogP contribution in [0.3, 0.4) is 0 Å². The van der Waals surface area contributed by atoms with Crippen molar-refractivity contribution in [3.63, 3.8) is 0 Å². The van der Waals surface area contributed by atoms with Crippen LogP contribution in [-0.4, -0.2) is 25.0 Å². The highest BCUT2D eigenvalue weighted by molar-refractivity contribution is 6.33. The first kappa shape index (κ1) is 17.3. The highest BCUT2D eigenvalue weighted by atomic mass is 35.5. The molecular weight excluding hydrogens is 340 g/mol. The quantitative estimate of drug-likeness (QED) is 0.829. The van der Waals surface area contributed by atoms with Gasteiger partial charge in [-0.3, -0.25) is 9.59 Å². The van der Waals surface area contributed by atoms with Crippen molar-refractivity contribution in [2.75, 3.05) is 17.3 Å². The number of amides is 2. The van der Waals surface area contributed by atoms with Crippen LogP contribution < -0.4 is 15.0 Å². The Balaban J connectivity index is 1.78. The van der Waals surface area contributed by atoms with E-state index in [4.69, 9.17) is 16.3 Å². The SMILES string of the molecule is CCc1ccc(N[C@@H]2CC(=O)N(c3ccc(OC)c(Cl)c3)C2=O)cc1. The van der Waals surface area contributed by atoms with Gasteiger partial charge in [-0.1, -0.05) is 30.7 Å². The van der Waals surface area contributed by atoms with Crippen LogP contribution >= 0.6 is 11.6 Å². The van der Waals surface area contributed by atoms with Gasteiger partial charge in [0.05, 0.1) is 24.2 Å². The molecule has 1 heterocycles. The summed E-state index contributed by atoms with van der Waals surface area (Å²) in [5.74, 6) is -0.0464. The van der Waals surface area contributed by atoms with Crippen molar-refractivity contribution in [2.45, 2.75) is 25.8 Å². The maximum Gasteiger partial charge on any atom is 0.256 e. The Morgan fingerprint density at radius 2 is 1.92 bits per heavy atom. The molecule has 0 aromatic heterocycles. The molecule has 25 heavy (non-hydrogen) atoms. The van der Waals surface area contributed by atoms with E-state index in [-0.39, 0.29) is 18.2 Å². The minimum atomic E-state index is -0.583. The topological polar surface area (TPSA) is 58.6 Å². The van der Waals surface area contributed by atoms with Gasteiger partial charge < -0.3 is 10.1 Å². The summed E-state index contributed by atoms with van der Waals surface area (Å²) in [6.45, 7) is 2.08.